The van der Waals surface area contributed by atoms with E-state index in [1.807, 2.05) is 18.5 Å². The van der Waals surface area contributed by atoms with Gasteiger partial charge in [0.25, 0.3) is 0 Å². The summed E-state index contributed by atoms with van der Waals surface area (Å²) in [6.07, 6.45) is 7.69. The molecule has 0 unspecified atom stereocenters. The number of anilines is 2. The Hall–Kier alpha value is -2.03. The Kier molecular flexibility index (Phi) is 4.16. The van der Waals surface area contributed by atoms with Crippen LogP contribution >= 0.6 is 0 Å². The first-order valence-corrected chi connectivity index (χ1v) is 7.40. The quantitative estimate of drug-likeness (QED) is 0.916. The smallest absolute Gasteiger partial charge is 0.0602 e. The average molecular weight is 267 g/mol. The summed E-state index contributed by atoms with van der Waals surface area (Å²) in [6, 6.07) is 12.7. The molecule has 0 amide bonds. The molecule has 0 spiro atoms. The van der Waals surface area contributed by atoms with Crippen LogP contribution in [0.2, 0.25) is 0 Å². The number of para-hydroxylation sites is 2. The highest BCUT2D eigenvalue weighted by molar-refractivity contribution is 5.70. The zero-order chi connectivity index (χ0) is 13.6. The van der Waals surface area contributed by atoms with Crippen LogP contribution in [0.15, 0.2) is 48.8 Å². The van der Waals surface area contributed by atoms with E-state index in [1.54, 1.807) is 0 Å². The normalized spacial score (nSPS) is 15.1. The van der Waals surface area contributed by atoms with Crippen molar-refractivity contribution in [3.63, 3.8) is 0 Å². The fourth-order valence-electron chi connectivity index (χ4n) is 2.73. The van der Waals surface area contributed by atoms with Crippen LogP contribution in [-0.2, 0) is 6.54 Å². The number of hydrogen-bond donors (Lipinski definition) is 1. The monoisotopic (exact) mass is 267 g/mol. The molecule has 1 aliphatic rings. The molecule has 1 aliphatic heterocycles. The van der Waals surface area contributed by atoms with Crippen molar-refractivity contribution in [1.29, 1.82) is 0 Å². The Morgan fingerprint density at radius 3 is 2.65 bits per heavy atom. The lowest BCUT2D eigenvalue weighted by molar-refractivity contribution is 0.578. The molecule has 104 valence electrons. The Morgan fingerprint density at radius 1 is 1.00 bits per heavy atom. The van der Waals surface area contributed by atoms with Gasteiger partial charge in [0.15, 0.2) is 0 Å². The van der Waals surface area contributed by atoms with Gasteiger partial charge in [-0.2, -0.15) is 0 Å². The molecule has 20 heavy (non-hydrogen) atoms. The molecule has 3 nitrogen and oxygen atoms in total. The van der Waals surface area contributed by atoms with Gasteiger partial charge in [-0.05, 0) is 43.0 Å². The van der Waals surface area contributed by atoms with Crippen molar-refractivity contribution in [1.82, 2.24) is 4.98 Å². The molecule has 2 aromatic rings. The molecular weight excluding hydrogens is 246 g/mol. The van der Waals surface area contributed by atoms with Crippen molar-refractivity contribution < 1.29 is 0 Å². The number of hydrogen-bond acceptors (Lipinski definition) is 3. The van der Waals surface area contributed by atoms with Crippen LogP contribution in [0.25, 0.3) is 0 Å². The molecule has 3 rings (SSSR count). The Bertz CT molecular complexity index is 533. The van der Waals surface area contributed by atoms with Gasteiger partial charge in [-0.15, -0.1) is 0 Å². The molecule has 1 N–H and O–H groups in total. The summed E-state index contributed by atoms with van der Waals surface area (Å²) in [5.74, 6) is 0. The minimum absolute atomic E-state index is 0.818. The highest BCUT2D eigenvalue weighted by atomic mass is 15.1. The van der Waals surface area contributed by atoms with Crippen molar-refractivity contribution in [2.75, 3.05) is 23.3 Å². The maximum absolute atomic E-state index is 4.16. The van der Waals surface area contributed by atoms with Gasteiger partial charge in [0, 0.05) is 32.0 Å². The van der Waals surface area contributed by atoms with Crippen LogP contribution in [0.1, 0.15) is 24.8 Å². The first-order chi connectivity index (χ1) is 9.93. The highest BCUT2D eigenvalue weighted by Gasteiger charge is 2.13. The fourth-order valence-corrected chi connectivity index (χ4v) is 2.73. The minimum Gasteiger partial charge on any atom is -0.379 e. The highest BCUT2D eigenvalue weighted by Crippen LogP contribution is 2.28. The second kappa shape index (κ2) is 6.42. The maximum Gasteiger partial charge on any atom is 0.0602 e. The molecular formula is C17H21N3. The zero-order valence-electron chi connectivity index (χ0n) is 11.8. The second-order valence-corrected chi connectivity index (χ2v) is 5.28. The van der Waals surface area contributed by atoms with Crippen molar-refractivity contribution in [2.45, 2.75) is 25.8 Å². The van der Waals surface area contributed by atoms with Gasteiger partial charge < -0.3 is 10.2 Å². The van der Waals surface area contributed by atoms with Crippen LogP contribution in [0.5, 0.6) is 0 Å². The van der Waals surface area contributed by atoms with Gasteiger partial charge in [0.2, 0.25) is 0 Å². The summed E-state index contributed by atoms with van der Waals surface area (Å²) in [7, 11) is 0. The largest absolute Gasteiger partial charge is 0.379 e. The molecule has 0 bridgehead atoms. The van der Waals surface area contributed by atoms with Crippen molar-refractivity contribution in [3.05, 3.63) is 54.4 Å². The number of pyridine rings is 1. The molecule has 0 aliphatic carbocycles. The first-order valence-electron chi connectivity index (χ1n) is 7.40. The summed E-state index contributed by atoms with van der Waals surface area (Å²) in [5.41, 5.74) is 3.76. The predicted octanol–water partition coefficient (Wildman–Crippen LogP) is 3.68. The molecule has 1 aromatic carbocycles. The molecule has 2 heterocycles. The third kappa shape index (κ3) is 3.10. The van der Waals surface area contributed by atoms with Gasteiger partial charge in [-0.25, -0.2) is 0 Å². The summed E-state index contributed by atoms with van der Waals surface area (Å²) in [6.45, 7) is 3.16. The van der Waals surface area contributed by atoms with E-state index < -0.39 is 0 Å². The standard InChI is InChI=1S/C17H21N3/c1-4-11-20(12-5-1)17-9-3-2-8-16(17)19-14-15-7-6-10-18-13-15/h2-3,6-10,13,19H,1,4-5,11-12,14H2. The van der Waals surface area contributed by atoms with E-state index in [2.05, 4.69) is 45.5 Å². The van der Waals surface area contributed by atoms with Gasteiger partial charge in [0.1, 0.15) is 0 Å². The number of rotatable bonds is 4. The van der Waals surface area contributed by atoms with Crippen molar-refractivity contribution in [2.24, 2.45) is 0 Å². The number of nitrogens with one attached hydrogen (secondary N) is 1. The lowest BCUT2D eigenvalue weighted by Crippen LogP contribution is -2.30. The number of aromatic nitrogens is 1. The summed E-state index contributed by atoms with van der Waals surface area (Å²) < 4.78 is 0. The molecule has 1 saturated heterocycles. The minimum atomic E-state index is 0.818. The maximum atomic E-state index is 4.16. The Balaban J connectivity index is 1.72. The Labute approximate surface area is 120 Å². The Morgan fingerprint density at radius 2 is 1.85 bits per heavy atom. The van der Waals surface area contributed by atoms with E-state index >= 15 is 0 Å². The SMILES string of the molecule is c1cncc(CNc2ccccc2N2CCCCC2)c1. The number of benzene rings is 1. The van der Waals surface area contributed by atoms with E-state index in [9.17, 15) is 0 Å². The molecule has 3 heteroatoms. The zero-order valence-corrected chi connectivity index (χ0v) is 11.8. The van der Waals surface area contributed by atoms with Crippen LogP contribution in [0.3, 0.4) is 0 Å². The van der Waals surface area contributed by atoms with Crippen LogP contribution in [0, 0.1) is 0 Å². The summed E-state index contributed by atoms with van der Waals surface area (Å²) in [4.78, 5) is 6.65. The molecule has 1 fully saturated rings. The van der Waals surface area contributed by atoms with E-state index in [4.69, 9.17) is 0 Å². The van der Waals surface area contributed by atoms with E-state index in [0.29, 0.717) is 0 Å². The van der Waals surface area contributed by atoms with Gasteiger partial charge in [0.05, 0.1) is 11.4 Å². The van der Waals surface area contributed by atoms with E-state index in [0.717, 1.165) is 6.54 Å². The second-order valence-electron chi connectivity index (χ2n) is 5.28. The molecule has 1 aromatic heterocycles. The summed E-state index contributed by atoms with van der Waals surface area (Å²) >= 11 is 0. The lowest BCUT2D eigenvalue weighted by Gasteiger charge is -2.30. The van der Waals surface area contributed by atoms with Gasteiger partial charge in [-0.1, -0.05) is 18.2 Å². The third-order valence-electron chi connectivity index (χ3n) is 3.81. The van der Waals surface area contributed by atoms with Crippen LogP contribution in [0.4, 0.5) is 11.4 Å². The molecule has 0 saturated carbocycles. The number of nitrogens with zero attached hydrogens (tertiary/aromatic N) is 2. The molecule has 0 radical (unpaired) electrons. The van der Waals surface area contributed by atoms with Crippen LogP contribution in [-0.4, -0.2) is 18.1 Å². The molecule has 0 atom stereocenters. The van der Waals surface area contributed by atoms with E-state index in [-0.39, 0.29) is 0 Å². The predicted molar refractivity (Wildman–Crippen MR) is 84.1 cm³/mol. The van der Waals surface area contributed by atoms with Crippen molar-refractivity contribution in [3.8, 4) is 0 Å². The fraction of sp³-hybridized carbons (Fsp3) is 0.353. The van der Waals surface area contributed by atoms with Crippen LogP contribution < -0.4 is 10.2 Å². The topological polar surface area (TPSA) is 28.2 Å². The van der Waals surface area contributed by atoms with Gasteiger partial charge >= 0.3 is 0 Å². The van der Waals surface area contributed by atoms with Crippen molar-refractivity contribution >= 4 is 11.4 Å². The number of piperidine rings is 1. The third-order valence-corrected chi connectivity index (χ3v) is 3.81. The first kappa shape index (κ1) is 13.0. The summed E-state index contributed by atoms with van der Waals surface area (Å²) in [5, 5.41) is 3.55. The lowest BCUT2D eigenvalue weighted by atomic mass is 10.1. The van der Waals surface area contributed by atoms with E-state index in [1.165, 1.54) is 49.3 Å². The average Bonchev–Trinajstić information content (AvgIpc) is 2.55. The van der Waals surface area contributed by atoms with Gasteiger partial charge in [-0.3, -0.25) is 4.98 Å².